The molecule has 2 aromatic rings. The molecule has 0 aliphatic rings. The van der Waals surface area contributed by atoms with Gasteiger partial charge >= 0.3 is 5.97 Å². The molecule has 0 aromatic carbocycles. The lowest BCUT2D eigenvalue weighted by atomic mass is 10.3. The summed E-state index contributed by atoms with van der Waals surface area (Å²) in [6.07, 6.45) is 1.78. The zero-order chi connectivity index (χ0) is 13.7. The lowest BCUT2D eigenvalue weighted by molar-refractivity contribution is -0.136. The van der Waals surface area contributed by atoms with E-state index in [1.165, 1.54) is 11.3 Å². The molecule has 0 saturated heterocycles. The number of aliphatic carboxylic acids is 1. The van der Waals surface area contributed by atoms with Gasteiger partial charge in [0.05, 0.1) is 25.4 Å². The molecule has 0 radical (unpaired) electrons. The third-order valence-corrected chi connectivity index (χ3v) is 3.54. The number of aromatic nitrogens is 1. The van der Waals surface area contributed by atoms with Crippen molar-refractivity contribution in [1.29, 1.82) is 0 Å². The van der Waals surface area contributed by atoms with Gasteiger partial charge in [-0.05, 0) is 18.2 Å². The predicted molar refractivity (Wildman–Crippen MR) is 73.8 cm³/mol. The number of methoxy groups -OCH3 is 1. The number of carbonyl (C=O) groups is 1. The van der Waals surface area contributed by atoms with Crippen molar-refractivity contribution in [3.05, 3.63) is 40.2 Å². The minimum Gasteiger partial charge on any atom is -0.481 e. The predicted octanol–water partition coefficient (Wildman–Crippen LogP) is 2.39. The second-order valence-electron chi connectivity index (χ2n) is 3.88. The van der Waals surface area contributed by atoms with Crippen LogP contribution in [-0.4, -0.2) is 23.2 Å². The van der Waals surface area contributed by atoms with Crippen LogP contribution in [0.4, 0.5) is 5.69 Å². The summed E-state index contributed by atoms with van der Waals surface area (Å²) in [5.41, 5.74) is 0.897. The summed E-state index contributed by atoms with van der Waals surface area (Å²) in [5, 5.41) is 11.9. The standard InChI is InChI=1S/C13H14N2O3S/c1-18-12-5-2-9(7-15-12)14-8-11-4-3-10(19-11)6-13(16)17/h2-5,7,14H,6,8H2,1H3,(H,16,17). The Morgan fingerprint density at radius 3 is 2.79 bits per heavy atom. The number of hydrogen-bond donors (Lipinski definition) is 2. The van der Waals surface area contributed by atoms with E-state index in [2.05, 4.69) is 10.3 Å². The van der Waals surface area contributed by atoms with Gasteiger partial charge in [0.2, 0.25) is 5.88 Å². The Labute approximate surface area is 114 Å². The summed E-state index contributed by atoms with van der Waals surface area (Å²) in [6.45, 7) is 0.651. The largest absolute Gasteiger partial charge is 0.481 e. The highest BCUT2D eigenvalue weighted by Crippen LogP contribution is 2.19. The Morgan fingerprint density at radius 2 is 2.16 bits per heavy atom. The molecule has 2 rings (SSSR count). The third kappa shape index (κ3) is 3.96. The molecule has 0 atom stereocenters. The molecule has 0 saturated carbocycles. The van der Waals surface area contributed by atoms with Crippen LogP contribution in [0.1, 0.15) is 9.75 Å². The minimum atomic E-state index is -0.805. The van der Waals surface area contributed by atoms with E-state index in [0.717, 1.165) is 15.4 Å². The summed E-state index contributed by atoms with van der Waals surface area (Å²) in [5.74, 6) is -0.230. The second kappa shape index (κ2) is 6.19. The number of pyridine rings is 1. The van der Waals surface area contributed by atoms with Gasteiger partial charge in [-0.3, -0.25) is 4.79 Å². The van der Waals surface area contributed by atoms with Crippen LogP contribution < -0.4 is 10.1 Å². The van der Waals surface area contributed by atoms with Crippen molar-refractivity contribution in [1.82, 2.24) is 4.98 Å². The van der Waals surface area contributed by atoms with Gasteiger partial charge in [0, 0.05) is 22.4 Å². The molecular weight excluding hydrogens is 264 g/mol. The minimum absolute atomic E-state index is 0.0781. The maximum atomic E-state index is 10.6. The van der Waals surface area contributed by atoms with Crippen LogP contribution in [0.5, 0.6) is 5.88 Å². The first kappa shape index (κ1) is 13.4. The summed E-state index contributed by atoms with van der Waals surface area (Å²) in [6, 6.07) is 7.46. The molecule has 2 aromatic heterocycles. The van der Waals surface area contributed by atoms with Gasteiger partial charge in [-0.25, -0.2) is 4.98 Å². The molecule has 0 aliphatic heterocycles. The van der Waals surface area contributed by atoms with Crippen LogP contribution in [0.3, 0.4) is 0 Å². The fourth-order valence-electron chi connectivity index (χ4n) is 1.56. The molecule has 5 nitrogen and oxygen atoms in total. The Morgan fingerprint density at radius 1 is 1.37 bits per heavy atom. The monoisotopic (exact) mass is 278 g/mol. The Hall–Kier alpha value is -2.08. The highest BCUT2D eigenvalue weighted by atomic mass is 32.1. The topological polar surface area (TPSA) is 71.5 Å². The normalized spacial score (nSPS) is 10.2. The Balaban J connectivity index is 1.90. The van der Waals surface area contributed by atoms with E-state index < -0.39 is 5.97 Å². The third-order valence-electron chi connectivity index (χ3n) is 2.45. The molecule has 19 heavy (non-hydrogen) atoms. The Kier molecular flexibility index (Phi) is 4.35. The second-order valence-corrected chi connectivity index (χ2v) is 5.13. The number of nitrogens with zero attached hydrogens (tertiary/aromatic N) is 1. The number of nitrogens with one attached hydrogen (secondary N) is 1. The number of hydrogen-bond acceptors (Lipinski definition) is 5. The fourth-order valence-corrected chi connectivity index (χ4v) is 2.51. The lowest BCUT2D eigenvalue weighted by Gasteiger charge is -2.05. The maximum Gasteiger partial charge on any atom is 0.308 e. The smallest absolute Gasteiger partial charge is 0.308 e. The first-order chi connectivity index (χ1) is 9.17. The highest BCUT2D eigenvalue weighted by Gasteiger charge is 2.04. The average Bonchev–Trinajstić information content (AvgIpc) is 2.84. The lowest BCUT2D eigenvalue weighted by Crippen LogP contribution is -1.98. The molecule has 0 amide bonds. The van der Waals surface area contributed by atoms with Crippen LogP contribution in [0.2, 0.25) is 0 Å². The van der Waals surface area contributed by atoms with Crippen LogP contribution >= 0.6 is 11.3 Å². The van der Waals surface area contributed by atoms with Crippen molar-refractivity contribution in [2.75, 3.05) is 12.4 Å². The summed E-state index contributed by atoms with van der Waals surface area (Å²) < 4.78 is 4.98. The van der Waals surface area contributed by atoms with Gasteiger partial charge in [0.25, 0.3) is 0 Å². The number of anilines is 1. The fraction of sp³-hybridized carbons (Fsp3) is 0.231. The van der Waals surface area contributed by atoms with Crippen molar-refractivity contribution in [3.63, 3.8) is 0 Å². The summed E-state index contributed by atoms with van der Waals surface area (Å²) in [4.78, 5) is 16.6. The number of ether oxygens (including phenoxy) is 1. The SMILES string of the molecule is COc1ccc(NCc2ccc(CC(=O)O)s2)cn1. The van der Waals surface area contributed by atoms with E-state index >= 15 is 0 Å². The van der Waals surface area contributed by atoms with E-state index in [4.69, 9.17) is 9.84 Å². The molecule has 0 unspecified atom stereocenters. The van der Waals surface area contributed by atoms with E-state index in [0.29, 0.717) is 12.4 Å². The van der Waals surface area contributed by atoms with Crippen LogP contribution in [-0.2, 0) is 17.8 Å². The van der Waals surface area contributed by atoms with Crippen molar-refractivity contribution < 1.29 is 14.6 Å². The maximum absolute atomic E-state index is 10.6. The molecule has 0 aliphatic carbocycles. The van der Waals surface area contributed by atoms with Gasteiger partial charge < -0.3 is 15.2 Å². The molecule has 2 N–H and O–H groups in total. The van der Waals surface area contributed by atoms with E-state index in [-0.39, 0.29) is 6.42 Å². The Bertz CT molecular complexity index is 551. The highest BCUT2D eigenvalue weighted by molar-refractivity contribution is 7.12. The molecule has 0 spiro atoms. The van der Waals surface area contributed by atoms with E-state index in [1.807, 2.05) is 18.2 Å². The van der Waals surface area contributed by atoms with E-state index in [9.17, 15) is 4.79 Å². The number of carboxylic acids is 1. The summed E-state index contributed by atoms with van der Waals surface area (Å²) in [7, 11) is 1.57. The molecule has 2 heterocycles. The van der Waals surface area contributed by atoms with Crippen molar-refractivity contribution in [2.45, 2.75) is 13.0 Å². The zero-order valence-electron chi connectivity index (χ0n) is 10.4. The van der Waals surface area contributed by atoms with E-state index in [1.54, 1.807) is 19.4 Å². The van der Waals surface area contributed by atoms with Crippen LogP contribution in [0.15, 0.2) is 30.5 Å². The number of thiophene rings is 1. The average molecular weight is 278 g/mol. The van der Waals surface area contributed by atoms with Crippen LogP contribution in [0, 0.1) is 0 Å². The van der Waals surface area contributed by atoms with Gasteiger partial charge in [0.15, 0.2) is 0 Å². The zero-order valence-corrected chi connectivity index (χ0v) is 11.2. The van der Waals surface area contributed by atoms with Gasteiger partial charge in [-0.1, -0.05) is 0 Å². The molecule has 100 valence electrons. The first-order valence-electron chi connectivity index (χ1n) is 5.70. The molecule has 6 heteroatoms. The van der Waals surface area contributed by atoms with Gasteiger partial charge in [0.1, 0.15) is 0 Å². The molecule has 0 fully saturated rings. The number of carboxylic acid groups (broad SMARTS) is 1. The quantitative estimate of drug-likeness (QED) is 0.849. The molecule has 0 bridgehead atoms. The van der Waals surface area contributed by atoms with Gasteiger partial charge in [-0.15, -0.1) is 11.3 Å². The first-order valence-corrected chi connectivity index (χ1v) is 6.52. The van der Waals surface area contributed by atoms with Gasteiger partial charge in [-0.2, -0.15) is 0 Å². The summed E-state index contributed by atoms with van der Waals surface area (Å²) >= 11 is 1.50. The van der Waals surface area contributed by atoms with Crippen molar-refractivity contribution in [3.8, 4) is 5.88 Å². The van der Waals surface area contributed by atoms with Crippen molar-refractivity contribution >= 4 is 23.0 Å². The van der Waals surface area contributed by atoms with Crippen molar-refractivity contribution in [2.24, 2.45) is 0 Å². The molecular formula is C13H14N2O3S. The van der Waals surface area contributed by atoms with Crippen LogP contribution in [0.25, 0.3) is 0 Å². The number of rotatable bonds is 6.